The molecule has 4 heteroatoms. The Morgan fingerprint density at radius 1 is 1.47 bits per heavy atom. The van der Waals surface area contributed by atoms with Gasteiger partial charge in [0.15, 0.2) is 0 Å². The molecule has 1 aliphatic rings. The minimum absolute atomic E-state index is 0.409. The van der Waals surface area contributed by atoms with Gasteiger partial charge in [-0.1, -0.05) is 13.8 Å². The topological polar surface area (TPSA) is 52.6 Å². The van der Waals surface area contributed by atoms with Crippen molar-refractivity contribution < 1.29 is 9.90 Å². The van der Waals surface area contributed by atoms with E-state index in [0.29, 0.717) is 18.6 Å². The van der Waals surface area contributed by atoms with E-state index in [4.69, 9.17) is 0 Å². The predicted molar refractivity (Wildman–Crippen MR) is 69.2 cm³/mol. The molecule has 0 bridgehead atoms. The van der Waals surface area contributed by atoms with Crippen molar-refractivity contribution >= 4 is 5.97 Å². The molecule has 4 nitrogen and oxygen atoms in total. The fourth-order valence-corrected chi connectivity index (χ4v) is 2.39. The molecule has 0 amide bonds. The van der Waals surface area contributed by atoms with Crippen LogP contribution in [0.4, 0.5) is 0 Å². The van der Waals surface area contributed by atoms with Crippen molar-refractivity contribution in [3.63, 3.8) is 0 Å². The van der Waals surface area contributed by atoms with Crippen LogP contribution in [0.3, 0.4) is 0 Å². The summed E-state index contributed by atoms with van der Waals surface area (Å²) in [5.74, 6) is -0.748. The van der Waals surface area contributed by atoms with Gasteiger partial charge in [0.2, 0.25) is 0 Å². The average molecular weight is 242 g/mol. The molecule has 1 fully saturated rings. The number of carbonyl (C=O) groups is 1. The molecule has 1 unspecified atom stereocenters. The van der Waals surface area contributed by atoms with Gasteiger partial charge >= 0.3 is 5.97 Å². The summed E-state index contributed by atoms with van der Waals surface area (Å²) in [6.45, 7) is 6.66. The minimum atomic E-state index is -0.821. The van der Waals surface area contributed by atoms with Crippen LogP contribution in [-0.2, 0) is 4.79 Å². The average Bonchev–Trinajstić information content (AvgIpc) is 3.02. The number of nitrogens with one attached hydrogen (secondary N) is 1. The third kappa shape index (κ3) is 3.96. The first-order chi connectivity index (χ1) is 7.92. The van der Waals surface area contributed by atoms with Crippen molar-refractivity contribution in [2.24, 2.45) is 0 Å². The monoisotopic (exact) mass is 242 g/mol. The largest absolute Gasteiger partial charge is 0.480 e. The SMILES string of the molecule is CCC(CC)N(C)CC(C)(NC1CC1)C(=O)O. The number of hydrogen-bond donors (Lipinski definition) is 2. The van der Waals surface area contributed by atoms with Gasteiger partial charge in [-0.3, -0.25) is 10.1 Å². The van der Waals surface area contributed by atoms with Crippen molar-refractivity contribution in [1.82, 2.24) is 10.2 Å². The molecule has 0 spiro atoms. The summed E-state index contributed by atoms with van der Waals surface area (Å²) in [7, 11) is 2.02. The van der Waals surface area contributed by atoms with Gasteiger partial charge in [0.05, 0.1) is 0 Å². The van der Waals surface area contributed by atoms with Crippen molar-refractivity contribution in [1.29, 1.82) is 0 Å². The van der Waals surface area contributed by atoms with Crippen LogP contribution in [-0.4, -0.2) is 47.2 Å². The number of rotatable bonds is 8. The smallest absolute Gasteiger partial charge is 0.324 e. The van der Waals surface area contributed by atoms with Gasteiger partial charge in [0.1, 0.15) is 5.54 Å². The van der Waals surface area contributed by atoms with Gasteiger partial charge in [-0.05, 0) is 39.7 Å². The number of aliphatic carboxylic acids is 1. The van der Waals surface area contributed by atoms with Crippen LogP contribution in [0.5, 0.6) is 0 Å². The summed E-state index contributed by atoms with van der Waals surface area (Å²) in [6, 6.07) is 0.876. The Balaban J connectivity index is 2.61. The molecule has 0 aromatic carbocycles. The lowest BCUT2D eigenvalue weighted by molar-refractivity contribution is -0.145. The molecule has 0 aromatic rings. The van der Waals surface area contributed by atoms with E-state index in [1.54, 1.807) is 6.92 Å². The second-order valence-corrected chi connectivity index (χ2v) is 5.44. The first kappa shape index (κ1) is 14.5. The van der Waals surface area contributed by atoms with E-state index in [0.717, 1.165) is 25.7 Å². The first-order valence-corrected chi connectivity index (χ1v) is 6.64. The fourth-order valence-electron chi connectivity index (χ4n) is 2.39. The molecule has 2 N–H and O–H groups in total. The third-order valence-electron chi connectivity index (χ3n) is 3.70. The molecular formula is C13H26N2O2. The first-order valence-electron chi connectivity index (χ1n) is 6.64. The Bertz CT molecular complexity index is 262. The van der Waals surface area contributed by atoms with E-state index in [1.165, 1.54) is 0 Å². The molecule has 100 valence electrons. The molecule has 0 aromatic heterocycles. The molecule has 1 atom stereocenters. The molecule has 1 saturated carbocycles. The highest BCUT2D eigenvalue weighted by atomic mass is 16.4. The van der Waals surface area contributed by atoms with Crippen LogP contribution >= 0.6 is 0 Å². The van der Waals surface area contributed by atoms with Crippen LogP contribution in [0, 0.1) is 0 Å². The highest BCUT2D eigenvalue weighted by Crippen LogP contribution is 2.23. The van der Waals surface area contributed by atoms with Crippen molar-refractivity contribution in [2.75, 3.05) is 13.6 Å². The van der Waals surface area contributed by atoms with Gasteiger partial charge < -0.3 is 10.0 Å². The summed E-state index contributed by atoms with van der Waals surface area (Å²) >= 11 is 0. The Morgan fingerprint density at radius 3 is 2.35 bits per heavy atom. The molecule has 0 radical (unpaired) electrons. The highest BCUT2D eigenvalue weighted by molar-refractivity contribution is 5.78. The van der Waals surface area contributed by atoms with Crippen LogP contribution < -0.4 is 5.32 Å². The van der Waals surface area contributed by atoms with Crippen molar-refractivity contribution in [2.45, 2.75) is 64.1 Å². The summed E-state index contributed by atoms with van der Waals surface area (Å²) in [6.07, 6.45) is 4.34. The number of carboxylic acid groups (broad SMARTS) is 1. The lowest BCUT2D eigenvalue weighted by atomic mass is 10.00. The van der Waals surface area contributed by atoms with Crippen molar-refractivity contribution in [3.8, 4) is 0 Å². The Morgan fingerprint density at radius 2 is 2.00 bits per heavy atom. The normalized spacial score (nSPS) is 19.6. The quantitative estimate of drug-likeness (QED) is 0.680. The Hall–Kier alpha value is -0.610. The van der Waals surface area contributed by atoms with Crippen molar-refractivity contribution in [3.05, 3.63) is 0 Å². The minimum Gasteiger partial charge on any atom is -0.480 e. The number of hydrogen-bond acceptors (Lipinski definition) is 3. The summed E-state index contributed by atoms with van der Waals surface area (Å²) in [5, 5.41) is 12.7. The maximum absolute atomic E-state index is 11.4. The molecule has 0 heterocycles. The second-order valence-electron chi connectivity index (χ2n) is 5.44. The summed E-state index contributed by atoms with van der Waals surface area (Å²) < 4.78 is 0. The Kier molecular flexibility index (Phi) is 4.95. The second kappa shape index (κ2) is 5.83. The predicted octanol–water partition coefficient (Wildman–Crippen LogP) is 1.70. The van der Waals surface area contributed by atoms with Crippen LogP contribution in [0.1, 0.15) is 46.5 Å². The van der Waals surface area contributed by atoms with E-state index in [9.17, 15) is 9.90 Å². The van der Waals surface area contributed by atoms with E-state index in [-0.39, 0.29) is 0 Å². The van der Waals surface area contributed by atoms with E-state index >= 15 is 0 Å². The van der Waals surface area contributed by atoms with E-state index in [1.807, 2.05) is 7.05 Å². The fraction of sp³-hybridized carbons (Fsp3) is 0.923. The van der Waals surface area contributed by atoms with Gasteiger partial charge in [0, 0.05) is 18.6 Å². The summed E-state index contributed by atoms with van der Waals surface area (Å²) in [5.41, 5.74) is -0.821. The summed E-state index contributed by atoms with van der Waals surface area (Å²) in [4.78, 5) is 13.6. The molecule has 17 heavy (non-hydrogen) atoms. The zero-order valence-corrected chi connectivity index (χ0v) is 11.5. The maximum Gasteiger partial charge on any atom is 0.324 e. The lowest BCUT2D eigenvalue weighted by Crippen LogP contribution is -2.58. The van der Waals surface area contributed by atoms with Crippen LogP contribution in [0.25, 0.3) is 0 Å². The standard InChI is InChI=1S/C13H26N2O2/c1-5-11(6-2)15(4)9-13(3,12(16)17)14-10-7-8-10/h10-11,14H,5-9H2,1-4H3,(H,16,17). The van der Waals surface area contributed by atoms with Gasteiger partial charge in [-0.15, -0.1) is 0 Å². The van der Waals surface area contributed by atoms with E-state index in [2.05, 4.69) is 24.1 Å². The molecule has 1 aliphatic carbocycles. The maximum atomic E-state index is 11.4. The molecule has 0 aliphatic heterocycles. The zero-order valence-electron chi connectivity index (χ0n) is 11.5. The third-order valence-corrected chi connectivity index (χ3v) is 3.70. The van der Waals surface area contributed by atoms with Gasteiger partial charge in [-0.2, -0.15) is 0 Å². The lowest BCUT2D eigenvalue weighted by Gasteiger charge is -2.35. The van der Waals surface area contributed by atoms with Gasteiger partial charge in [0.25, 0.3) is 0 Å². The zero-order chi connectivity index (χ0) is 13.1. The molecule has 1 rings (SSSR count). The van der Waals surface area contributed by atoms with Crippen LogP contribution in [0.2, 0.25) is 0 Å². The van der Waals surface area contributed by atoms with E-state index < -0.39 is 11.5 Å². The number of likely N-dealkylation sites (N-methyl/N-ethyl adjacent to an activating group) is 1. The number of carboxylic acids is 1. The molecule has 0 saturated heterocycles. The number of nitrogens with zero attached hydrogens (tertiary/aromatic N) is 1. The van der Waals surface area contributed by atoms with Gasteiger partial charge in [-0.25, -0.2) is 0 Å². The van der Waals surface area contributed by atoms with Crippen LogP contribution in [0.15, 0.2) is 0 Å². The highest BCUT2D eigenvalue weighted by Gasteiger charge is 2.39. The molecular weight excluding hydrogens is 216 g/mol. The Labute approximate surface area is 104 Å².